The Morgan fingerprint density at radius 2 is 1.88 bits per heavy atom. The molecule has 1 aliphatic rings. The molecule has 2 amide bonds. The van der Waals surface area contributed by atoms with Gasteiger partial charge in [-0.15, -0.1) is 0 Å². The number of para-hydroxylation sites is 1. The van der Waals surface area contributed by atoms with Crippen LogP contribution in [0.1, 0.15) is 39.3 Å². The Morgan fingerprint density at radius 1 is 1.12 bits per heavy atom. The second-order valence-electron chi connectivity index (χ2n) is 6.88. The summed E-state index contributed by atoms with van der Waals surface area (Å²) in [5.41, 5.74) is 8.49. The van der Waals surface area contributed by atoms with E-state index in [0.29, 0.717) is 17.8 Å². The molecule has 0 atom stereocenters. The maximum absolute atomic E-state index is 13.3. The molecule has 1 aromatic heterocycles. The van der Waals surface area contributed by atoms with Crippen molar-refractivity contribution >= 4 is 22.7 Å². The molecule has 132 valence electrons. The van der Waals surface area contributed by atoms with Crippen LogP contribution in [-0.2, 0) is 13.6 Å². The van der Waals surface area contributed by atoms with Gasteiger partial charge in [0.2, 0.25) is 5.91 Å². The third-order valence-corrected chi connectivity index (χ3v) is 4.98. The summed E-state index contributed by atoms with van der Waals surface area (Å²) in [6.07, 6.45) is 2.04. The van der Waals surface area contributed by atoms with Crippen LogP contribution in [0.25, 0.3) is 10.9 Å². The topological polar surface area (TPSA) is 68.3 Å². The molecule has 1 saturated carbocycles. The van der Waals surface area contributed by atoms with E-state index >= 15 is 0 Å². The van der Waals surface area contributed by atoms with Gasteiger partial charge in [-0.3, -0.25) is 9.59 Å². The van der Waals surface area contributed by atoms with Crippen molar-refractivity contribution in [3.63, 3.8) is 0 Å². The van der Waals surface area contributed by atoms with E-state index < -0.39 is 5.91 Å². The zero-order valence-corrected chi connectivity index (χ0v) is 14.7. The molecule has 0 aliphatic heterocycles. The minimum absolute atomic E-state index is 0.0238. The Balaban J connectivity index is 1.66. The van der Waals surface area contributed by atoms with Crippen molar-refractivity contribution < 1.29 is 9.59 Å². The van der Waals surface area contributed by atoms with Gasteiger partial charge in [0, 0.05) is 36.1 Å². The average molecular weight is 347 g/mol. The van der Waals surface area contributed by atoms with Gasteiger partial charge >= 0.3 is 0 Å². The van der Waals surface area contributed by atoms with Crippen LogP contribution in [0.4, 0.5) is 0 Å². The normalized spacial score (nSPS) is 13.7. The fourth-order valence-electron chi connectivity index (χ4n) is 3.41. The van der Waals surface area contributed by atoms with Crippen molar-refractivity contribution in [3.05, 3.63) is 71.4 Å². The van der Waals surface area contributed by atoms with Crippen molar-refractivity contribution in [1.82, 2.24) is 9.47 Å². The summed E-state index contributed by atoms with van der Waals surface area (Å²) >= 11 is 0. The first-order chi connectivity index (χ1) is 12.5. The molecule has 1 fully saturated rings. The highest BCUT2D eigenvalue weighted by Crippen LogP contribution is 2.31. The van der Waals surface area contributed by atoms with E-state index in [9.17, 15) is 9.59 Å². The molecule has 26 heavy (non-hydrogen) atoms. The number of carbonyl (C=O) groups excluding carboxylic acids is 2. The van der Waals surface area contributed by atoms with Gasteiger partial charge in [-0.25, -0.2) is 0 Å². The van der Waals surface area contributed by atoms with Gasteiger partial charge in [0.05, 0.1) is 0 Å². The molecule has 2 aromatic carbocycles. The third-order valence-electron chi connectivity index (χ3n) is 4.98. The first kappa shape index (κ1) is 16.4. The SMILES string of the molecule is Cn1c(C(=O)N(Cc2cccc(C(N)=O)c2)C2CC2)cc2ccccc21. The summed E-state index contributed by atoms with van der Waals surface area (Å²) in [5.74, 6) is -0.430. The number of fused-ring (bicyclic) bond motifs is 1. The smallest absolute Gasteiger partial charge is 0.271 e. The number of primary amides is 1. The van der Waals surface area contributed by atoms with Crippen molar-refractivity contribution in [3.8, 4) is 0 Å². The number of benzene rings is 2. The number of nitrogens with zero attached hydrogens (tertiary/aromatic N) is 2. The summed E-state index contributed by atoms with van der Waals surface area (Å²) in [7, 11) is 1.92. The minimum atomic E-state index is -0.454. The molecule has 0 saturated heterocycles. The Labute approximate surface area is 152 Å². The van der Waals surface area contributed by atoms with Crippen LogP contribution in [0.2, 0.25) is 0 Å². The second-order valence-corrected chi connectivity index (χ2v) is 6.88. The maximum atomic E-state index is 13.3. The zero-order valence-electron chi connectivity index (χ0n) is 14.7. The fraction of sp³-hybridized carbons (Fsp3) is 0.238. The van der Waals surface area contributed by atoms with E-state index in [-0.39, 0.29) is 11.9 Å². The third kappa shape index (κ3) is 2.96. The molecular weight excluding hydrogens is 326 g/mol. The molecule has 1 aliphatic carbocycles. The predicted molar refractivity (Wildman–Crippen MR) is 101 cm³/mol. The van der Waals surface area contributed by atoms with Crippen LogP contribution in [-0.4, -0.2) is 27.3 Å². The molecule has 5 nitrogen and oxygen atoms in total. The molecule has 0 unspecified atom stereocenters. The first-order valence-electron chi connectivity index (χ1n) is 8.79. The highest BCUT2D eigenvalue weighted by atomic mass is 16.2. The predicted octanol–water partition coefficient (Wildman–Crippen LogP) is 3.08. The van der Waals surface area contributed by atoms with E-state index in [1.165, 1.54) is 0 Å². The fourth-order valence-corrected chi connectivity index (χ4v) is 3.41. The van der Waals surface area contributed by atoms with Crippen molar-refractivity contribution in [1.29, 1.82) is 0 Å². The number of rotatable bonds is 5. The Morgan fingerprint density at radius 3 is 2.58 bits per heavy atom. The van der Waals surface area contributed by atoms with E-state index in [2.05, 4.69) is 0 Å². The average Bonchev–Trinajstić information content (AvgIpc) is 3.43. The summed E-state index contributed by atoms with van der Waals surface area (Å²) in [6, 6.07) is 17.4. The van der Waals surface area contributed by atoms with Crippen LogP contribution < -0.4 is 5.73 Å². The molecule has 4 rings (SSSR count). The van der Waals surface area contributed by atoms with E-state index in [1.54, 1.807) is 12.1 Å². The number of aryl methyl sites for hydroxylation is 1. The van der Waals surface area contributed by atoms with Gasteiger partial charge in [-0.1, -0.05) is 30.3 Å². The van der Waals surface area contributed by atoms with Gasteiger partial charge in [0.15, 0.2) is 0 Å². The molecule has 0 bridgehead atoms. The number of aromatic nitrogens is 1. The maximum Gasteiger partial charge on any atom is 0.271 e. The van der Waals surface area contributed by atoms with Gasteiger partial charge in [0.1, 0.15) is 5.69 Å². The van der Waals surface area contributed by atoms with E-state index in [4.69, 9.17) is 5.73 Å². The second kappa shape index (κ2) is 6.33. The largest absolute Gasteiger partial charge is 0.366 e. The summed E-state index contributed by atoms with van der Waals surface area (Å²) in [6.45, 7) is 0.478. The number of nitrogens with two attached hydrogens (primary N) is 1. The molecule has 0 spiro atoms. The van der Waals surface area contributed by atoms with Gasteiger partial charge < -0.3 is 15.2 Å². The highest BCUT2D eigenvalue weighted by Gasteiger charge is 2.34. The number of hydrogen-bond donors (Lipinski definition) is 1. The Bertz CT molecular complexity index is 1000. The Kier molecular flexibility index (Phi) is 3.99. The van der Waals surface area contributed by atoms with Crippen LogP contribution in [0.3, 0.4) is 0 Å². The van der Waals surface area contributed by atoms with Gasteiger partial charge in [-0.05, 0) is 42.7 Å². The van der Waals surface area contributed by atoms with Gasteiger partial charge in [-0.2, -0.15) is 0 Å². The lowest BCUT2D eigenvalue weighted by molar-refractivity contribution is 0.0720. The Hall–Kier alpha value is -3.08. The molecule has 3 aromatic rings. The molecule has 1 heterocycles. The monoisotopic (exact) mass is 347 g/mol. The van der Waals surface area contributed by atoms with Crippen LogP contribution in [0.5, 0.6) is 0 Å². The molecule has 5 heteroatoms. The molecule has 2 N–H and O–H groups in total. The summed E-state index contributed by atoms with van der Waals surface area (Å²) in [4.78, 5) is 26.6. The zero-order chi connectivity index (χ0) is 18.3. The minimum Gasteiger partial charge on any atom is -0.366 e. The van der Waals surface area contributed by atoms with E-state index in [0.717, 1.165) is 29.3 Å². The highest BCUT2D eigenvalue weighted by molar-refractivity contribution is 5.99. The molecular formula is C21H21N3O2. The lowest BCUT2D eigenvalue weighted by Crippen LogP contribution is -2.33. The number of amides is 2. The van der Waals surface area contributed by atoms with Gasteiger partial charge in [0.25, 0.3) is 5.91 Å². The molecule has 0 radical (unpaired) electrons. The van der Waals surface area contributed by atoms with E-state index in [1.807, 2.05) is 59.0 Å². The lowest BCUT2D eigenvalue weighted by atomic mass is 10.1. The van der Waals surface area contributed by atoms with Crippen LogP contribution in [0, 0.1) is 0 Å². The van der Waals surface area contributed by atoms with Crippen molar-refractivity contribution in [2.45, 2.75) is 25.4 Å². The standard InChI is InChI=1S/C21H21N3O2/c1-23-18-8-3-2-6-15(18)12-19(23)21(26)24(17-9-10-17)13-14-5-4-7-16(11-14)20(22)25/h2-8,11-12,17H,9-10,13H2,1H3,(H2,22,25). The number of carbonyl (C=O) groups is 2. The van der Waals surface area contributed by atoms with Crippen LogP contribution >= 0.6 is 0 Å². The van der Waals surface area contributed by atoms with Crippen LogP contribution in [0.15, 0.2) is 54.6 Å². The summed E-state index contributed by atoms with van der Waals surface area (Å²) < 4.78 is 1.95. The van der Waals surface area contributed by atoms with Crippen molar-refractivity contribution in [2.75, 3.05) is 0 Å². The lowest BCUT2D eigenvalue weighted by Gasteiger charge is -2.23. The quantitative estimate of drug-likeness (QED) is 0.771. The summed E-state index contributed by atoms with van der Waals surface area (Å²) in [5, 5.41) is 1.06. The number of hydrogen-bond acceptors (Lipinski definition) is 2. The van der Waals surface area contributed by atoms with Crippen molar-refractivity contribution in [2.24, 2.45) is 12.8 Å². The first-order valence-corrected chi connectivity index (χ1v) is 8.79.